The molecule has 0 saturated heterocycles. The zero-order chi connectivity index (χ0) is 15.2. The summed E-state index contributed by atoms with van der Waals surface area (Å²) in [4.78, 5) is 18.2. The van der Waals surface area contributed by atoms with Crippen LogP contribution in [0.2, 0.25) is 0 Å². The van der Waals surface area contributed by atoms with E-state index in [9.17, 15) is 9.90 Å². The maximum Gasteiger partial charge on any atom is 0.251 e. The summed E-state index contributed by atoms with van der Waals surface area (Å²) < 4.78 is 0. The van der Waals surface area contributed by atoms with Crippen molar-refractivity contribution < 1.29 is 9.90 Å². The van der Waals surface area contributed by atoms with Gasteiger partial charge in [-0.05, 0) is 35.9 Å². The number of benzene rings is 1. The molecule has 1 atom stereocenters. The SMILES string of the molecule is CN(C)c1ccc(C(=O)NC(CO)c2cccnc2)cc1. The highest BCUT2D eigenvalue weighted by Gasteiger charge is 2.15. The second kappa shape index (κ2) is 6.85. The van der Waals surface area contributed by atoms with Gasteiger partial charge in [0.25, 0.3) is 5.91 Å². The molecule has 0 fully saturated rings. The first-order valence-electron chi connectivity index (χ1n) is 6.71. The Morgan fingerprint density at radius 3 is 2.52 bits per heavy atom. The van der Waals surface area contributed by atoms with Crippen molar-refractivity contribution in [1.29, 1.82) is 0 Å². The van der Waals surface area contributed by atoms with Gasteiger partial charge < -0.3 is 15.3 Å². The lowest BCUT2D eigenvalue weighted by molar-refractivity contribution is 0.0916. The minimum atomic E-state index is -0.459. The van der Waals surface area contributed by atoms with Gasteiger partial charge in [0.2, 0.25) is 0 Å². The standard InChI is InChI=1S/C16H19N3O2/c1-19(2)14-7-5-12(6-8-14)16(21)18-15(11-20)13-4-3-9-17-10-13/h3-10,15,20H,11H2,1-2H3,(H,18,21). The van der Waals surface area contributed by atoms with Gasteiger partial charge in [-0.1, -0.05) is 6.07 Å². The summed E-state index contributed by atoms with van der Waals surface area (Å²) in [6.07, 6.45) is 3.29. The van der Waals surface area contributed by atoms with Crippen molar-refractivity contribution >= 4 is 11.6 Å². The molecule has 0 aliphatic rings. The predicted octanol–water partition coefficient (Wildman–Crippen LogP) is 1.61. The number of amides is 1. The predicted molar refractivity (Wildman–Crippen MR) is 82.3 cm³/mol. The molecule has 0 radical (unpaired) electrons. The van der Waals surface area contributed by atoms with Gasteiger partial charge in [-0.15, -0.1) is 0 Å². The van der Waals surface area contributed by atoms with Crippen LogP contribution in [0.4, 0.5) is 5.69 Å². The number of rotatable bonds is 5. The largest absolute Gasteiger partial charge is 0.394 e. The number of pyridine rings is 1. The molecule has 5 nitrogen and oxygen atoms in total. The Morgan fingerprint density at radius 1 is 1.29 bits per heavy atom. The Bertz CT molecular complexity index is 582. The van der Waals surface area contributed by atoms with Crippen molar-refractivity contribution in [2.75, 3.05) is 25.6 Å². The molecule has 1 aromatic heterocycles. The van der Waals surface area contributed by atoms with Crippen molar-refractivity contribution in [1.82, 2.24) is 10.3 Å². The molecule has 2 rings (SSSR count). The molecule has 21 heavy (non-hydrogen) atoms. The van der Waals surface area contributed by atoms with E-state index < -0.39 is 6.04 Å². The monoisotopic (exact) mass is 285 g/mol. The highest BCUT2D eigenvalue weighted by Crippen LogP contribution is 2.14. The maximum absolute atomic E-state index is 12.2. The fourth-order valence-corrected chi connectivity index (χ4v) is 1.97. The quantitative estimate of drug-likeness (QED) is 0.876. The summed E-state index contributed by atoms with van der Waals surface area (Å²) >= 11 is 0. The van der Waals surface area contributed by atoms with Gasteiger partial charge in [0.1, 0.15) is 0 Å². The third-order valence-corrected chi connectivity index (χ3v) is 3.22. The van der Waals surface area contributed by atoms with Gasteiger partial charge in [-0.3, -0.25) is 9.78 Å². The van der Waals surface area contributed by atoms with E-state index in [2.05, 4.69) is 10.3 Å². The molecule has 0 bridgehead atoms. The first-order chi connectivity index (χ1) is 10.1. The van der Waals surface area contributed by atoms with Crippen molar-refractivity contribution in [2.24, 2.45) is 0 Å². The molecule has 1 heterocycles. The summed E-state index contributed by atoms with van der Waals surface area (Å²) in [6, 6.07) is 10.4. The number of aliphatic hydroxyl groups excluding tert-OH is 1. The fourth-order valence-electron chi connectivity index (χ4n) is 1.97. The Hall–Kier alpha value is -2.40. The minimum absolute atomic E-state index is 0.173. The van der Waals surface area contributed by atoms with E-state index in [4.69, 9.17) is 0 Å². The molecule has 1 aromatic carbocycles. The van der Waals surface area contributed by atoms with Crippen LogP contribution in [0.25, 0.3) is 0 Å². The number of nitrogens with one attached hydrogen (secondary N) is 1. The van der Waals surface area contributed by atoms with Crippen LogP contribution in [0.15, 0.2) is 48.8 Å². The summed E-state index contributed by atoms with van der Waals surface area (Å²) in [5, 5.41) is 12.2. The first kappa shape index (κ1) is 15.0. The highest BCUT2D eigenvalue weighted by atomic mass is 16.3. The van der Waals surface area contributed by atoms with Gasteiger partial charge in [0, 0.05) is 37.7 Å². The molecule has 0 aliphatic carbocycles. The van der Waals surface area contributed by atoms with E-state index in [-0.39, 0.29) is 12.5 Å². The molecular weight excluding hydrogens is 266 g/mol. The average Bonchev–Trinajstić information content (AvgIpc) is 2.53. The van der Waals surface area contributed by atoms with Crippen LogP contribution < -0.4 is 10.2 Å². The molecular formula is C16H19N3O2. The van der Waals surface area contributed by atoms with Gasteiger partial charge in [0.05, 0.1) is 12.6 Å². The lowest BCUT2D eigenvalue weighted by Crippen LogP contribution is -2.30. The lowest BCUT2D eigenvalue weighted by Gasteiger charge is -2.17. The van der Waals surface area contributed by atoms with Crippen LogP contribution in [-0.2, 0) is 0 Å². The summed E-state index contributed by atoms with van der Waals surface area (Å²) in [5.41, 5.74) is 2.36. The van der Waals surface area contributed by atoms with E-state index >= 15 is 0 Å². The normalized spacial score (nSPS) is 11.8. The number of aromatic nitrogens is 1. The summed E-state index contributed by atoms with van der Waals surface area (Å²) in [6.45, 7) is -0.173. The molecule has 1 unspecified atom stereocenters. The Morgan fingerprint density at radius 2 is 2.00 bits per heavy atom. The van der Waals surface area contributed by atoms with Gasteiger partial charge in [-0.25, -0.2) is 0 Å². The Balaban J connectivity index is 2.09. The van der Waals surface area contributed by atoms with E-state index in [1.165, 1.54) is 0 Å². The fraction of sp³-hybridized carbons (Fsp3) is 0.250. The van der Waals surface area contributed by atoms with Crippen molar-refractivity contribution in [2.45, 2.75) is 6.04 Å². The number of nitrogens with zero attached hydrogens (tertiary/aromatic N) is 2. The molecule has 110 valence electrons. The zero-order valence-corrected chi connectivity index (χ0v) is 12.2. The van der Waals surface area contributed by atoms with E-state index in [0.717, 1.165) is 11.3 Å². The van der Waals surface area contributed by atoms with Crippen molar-refractivity contribution in [3.05, 3.63) is 59.9 Å². The molecule has 5 heteroatoms. The van der Waals surface area contributed by atoms with E-state index in [0.29, 0.717) is 5.56 Å². The molecule has 2 aromatic rings. The number of hydrogen-bond acceptors (Lipinski definition) is 4. The van der Waals surface area contributed by atoms with Crippen LogP contribution >= 0.6 is 0 Å². The summed E-state index contributed by atoms with van der Waals surface area (Å²) in [5.74, 6) is -0.219. The Kier molecular flexibility index (Phi) is 4.90. The number of carbonyl (C=O) groups is 1. The summed E-state index contributed by atoms with van der Waals surface area (Å²) in [7, 11) is 3.89. The maximum atomic E-state index is 12.2. The molecule has 0 saturated carbocycles. The minimum Gasteiger partial charge on any atom is -0.394 e. The van der Waals surface area contributed by atoms with Crippen molar-refractivity contribution in [3.63, 3.8) is 0 Å². The van der Waals surface area contributed by atoms with E-state index in [1.54, 1.807) is 30.6 Å². The van der Waals surface area contributed by atoms with E-state index in [1.807, 2.05) is 37.2 Å². The molecule has 2 N–H and O–H groups in total. The van der Waals surface area contributed by atoms with Crippen LogP contribution in [0, 0.1) is 0 Å². The number of carbonyl (C=O) groups excluding carboxylic acids is 1. The number of aliphatic hydroxyl groups is 1. The lowest BCUT2D eigenvalue weighted by atomic mass is 10.1. The number of anilines is 1. The average molecular weight is 285 g/mol. The first-order valence-corrected chi connectivity index (χ1v) is 6.71. The second-order valence-corrected chi connectivity index (χ2v) is 4.94. The third kappa shape index (κ3) is 3.79. The van der Waals surface area contributed by atoms with Gasteiger partial charge >= 0.3 is 0 Å². The van der Waals surface area contributed by atoms with Crippen LogP contribution in [0.1, 0.15) is 22.0 Å². The van der Waals surface area contributed by atoms with Crippen molar-refractivity contribution in [3.8, 4) is 0 Å². The zero-order valence-electron chi connectivity index (χ0n) is 12.2. The second-order valence-electron chi connectivity index (χ2n) is 4.94. The molecule has 1 amide bonds. The molecule has 0 spiro atoms. The third-order valence-electron chi connectivity index (χ3n) is 3.22. The van der Waals surface area contributed by atoms with Crippen LogP contribution in [-0.4, -0.2) is 36.7 Å². The number of hydrogen-bond donors (Lipinski definition) is 2. The van der Waals surface area contributed by atoms with Crippen LogP contribution in [0.5, 0.6) is 0 Å². The highest BCUT2D eigenvalue weighted by molar-refractivity contribution is 5.94. The van der Waals surface area contributed by atoms with Gasteiger partial charge in [-0.2, -0.15) is 0 Å². The Labute approximate surface area is 124 Å². The smallest absolute Gasteiger partial charge is 0.251 e. The molecule has 0 aliphatic heterocycles. The van der Waals surface area contributed by atoms with Gasteiger partial charge in [0.15, 0.2) is 0 Å². The van der Waals surface area contributed by atoms with Crippen LogP contribution in [0.3, 0.4) is 0 Å². The topological polar surface area (TPSA) is 65.5 Å².